The molecule has 14 heavy (non-hydrogen) atoms. The maximum Gasteiger partial charge on any atom is 0.222 e. The third-order valence-electron chi connectivity index (χ3n) is 3.75. The van der Waals surface area contributed by atoms with Crippen LogP contribution in [0.2, 0.25) is 0 Å². The van der Waals surface area contributed by atoms with Crippen LogP contribution in [0.4, 0.5) is 0 Å². The second-order valence-electron chi connectivity index (χ2n) is 4.66. The highest BCUT2D eigenvalue weighted by atomic mass is 16.2. The van der Waals surface area contributed by atoms with Crippen molar-refractivity contribution >= 4 is 5.91 Å². The summed E-state index contributed by atoms with van der Waals surface area (Å²) in [6.07, 6.45) is 4.54. The van der Waals surface area contributed by atoms with Gasteiger partial charge in [0, 0.05) is 20.0 Å². The highest BCUT2D eigenvalue weighted by Crippen LogP contribution is 2.30. The van der Waals surface area contributed by atoms with E-state index >= 15 is 0 Å². The van der Waals surface area contributed by atoms with Crippen LogP contribution >= 0.6 is 0 Å². The summed E-state index contributed by atoms with van der Waals surface area (Å²) in [5.41, 5.74) is 0. The Hall–Kier alpha value is -0.570. The molecule has 0 radical (unpaired) electrons. The number of amides is 1. The topological polar surface area (TPSA) is 32.3 Å². The average molecular weight is 196 g/mol. The first-order valence-corrected chi connectivity index (χ1v) is 5.72. The van der Waals surface area contributed by atoms with Gasteiger partial charge in [0.15, 0.2) is 0 Å². The van der Waals surface area contributed by atoms with Crippen molar-refractivity contribution in [3.05, 3.63) is 0 Å². The van der Waals surface area contributed by atoms with Crippen molar-refractivity contribution in [1.29, 1.82) is 0 Å². The summed E-state index contributed by atoms with van der Waals surface area (Å²) in [4.78, 5) is 13.4. The van der Waals surface area contributed by atoms with Crippen molar-refractivity contribution in [2.45, 2.75) is 25.7 Å². The Balaban J connectivity index is 1.88. The molecule has 3 heteroatoms. The van der Waals surface area contributed by atoms with E-state index in [0.29, 0.717) is 11.8 Å². The van der Waals surface area contributed by atoms with Gasteiger partial charge in [0.2, 0.25) is 5.91 Å². The zero-order chi connectivity index (χ0) is 9.97. The highest BCUT2D eigenvalue weighted by Gasteiger charge is 2.30. The summed E-state index contributed by atoms with van der Waals surface area (Å²) in [7, 11) is 1.92. The third kappa shape index (κ3) is 2.08. The second kappa shape index (κ2) is 4.30. The Morgan fingerprint density at radius 1 is 1.21 bits per heavy atom. The lowest BCUT2D eigenvalue weighted by atomic mass is 9.79. The number of hydrogen-bond acceptors (Lipinski definition) is 2. The summed E-state index contributed by atoms with van der Waals surface area (Å²) in [6, 6.07) is 0. The van der Waals surface area contributed by atoms with Crippen molar-refractivity contribution < 1.29 is 4.79 Å². The maximum atomic E-state index is 11.6. The Morgan fingerprint density at radius 3 is 2.57 bits per heavy atom. The fourth-order valence-corrected chi connectivity index (χ4v) is 2.68. The van der Waals surface area contributed by atoms with Crippen LogP contribution in [0.25, 0.3) is 0 Å². The standard InChI is InChI=1S/C11H20N2O/c1-13-7-4-10(8-11(13)14)9-2-5-12-6-3-9/h9-10,12H,2-8H2,1H3. The molecule has 3 nitrogen and oxygen atoms in total. The molecule has 1 atom stereocenters. The zero-order valence-electron chi connectivity index (χ0n) is 8.96. The Labute approximate surface area is 85.8 Å². The van der Waals surface area contributed by atoms with Crippen LogP contribution in [0.5, 0.6) is 0 Å². The third-order valence-corrected chi connectivity index (χ3v) is 3.75. The monoisotopic (exact) mass is 196 g/mol. The lowest BCUT2D eigenvalue weighted by Gasteiger charge is -2.35. The van der Waals surface area contributed by atoms with Crippen LogP contribution in [0.3, 0.4) is 0 Å². The van der Waals surface area contributed by atoms with Gasteiger partial charge < -0.3 is 10.2 Å². The SMILES string of the molecule is CN1CCC(C2CCNCC2)CC1=O. The summed E-state index contributed by atoms with van der Waals surface area (Å²) >= 11 is 0. The van der Waals surface area contributed by atoms with Gasteiger partial charge in [-0.15, -0.1) is 0 Å². The summed E-state index contributed by atoms with van der Waals surface area (Å²) in [6.45, 7) is 3.25. The molecule has 0 saturated carbocycles. The molecule has 0 aromatic heterocycles. The number of piperidine rings is 2. The molecule has 2 heterocycles. The van der Waals surface area contributed by atoms with Gasteiger partial charge in [-0.25, -0.2) is 0 Å². The number of carbonyl (C=O) groups is 1. The molecular weight excluding hydrogens is 176 g/mol. The second-order valence-corrected chi connectivity index (χ2v) is 4.66. The lowest BCUT2D eigenvalue weighted by Crippen LogP contribution is -2.40. The molecule has 2 rings (SSSR count). The number of likely N-dealkylation sites (tertiary alicyclic amines) is 1. The molecule has 0 bridgehead atoms. The van der Waals surface area contributed by atoms with Gasteiger partial charge in [0.1, 0.15) is 0 Å². The Kier molecular flexibility index (Phi) is 3.06. The predicted octanol–water partition coefficient (Wildman–Crippen LogP) is 0.854. The van der Waals surface area contributed by atoms with Gasteiger partial charge in [-0.05, 0) is 44.2 Å². The van der Waals surface area contributed by atoms with Gasteiger partial charge in [-0.2, -0.15) is 0 Å². The molecule has 0 aliphatic carbocycles. The molecule has 2 aliphatic rings. The van der Waals surface area contributed by atoms with E-state index in [0.717, 1.165) is 32.0 Å². The molecule has 2 aliphatic heterocycles. The molecule has 2 fully saturated rings. The number of nitrogens with zero attached hydrogens (tertiary/aromatic N) is 1. The van der Waals surface area contributed by atoms with Crippen LogP contribution in [-0.4, -0.2) is 37.5 Å². The van der Waals surface area contributed by atoms with E-state index in [2.05, 4.69) is 5.32 Å². The van der Waals surface area contributed by atoms with Gasteiger partial charge in [0.25, 0.3) is 0 Å². The lowest BCUT2D eigenvalue weighted by molar-refractivity contribution is -0.134. The van der Waals surface area contributed by atoms with E-state index < -0.39 is 0 Å². The van der Waals surface area contributed by atoms with Gasteiger partial charge in [-0.1, -0.05) is 0 Å². The maximum absolute atomic E-state index is 11.6. The minimum absolute atomic E-state index is 0.347. The van der Waals surface area contributed by atoms with Crippen molar-refractivity contribution in [3.8, 4) is 0 Å². The van der Waals surface area contributed by atoms with Gasteiger partial charge in [0.05, 0.1) is 0 Å². The molecule has 80 valence electrons. The number of carbonyl (C=O) groups excluding carboxylic acids is 1. The van der Waals surface area contributed by atoms with E-state index in [1.54, 1.807) is 0 Å². The average Bonchev–Trinajstić information content (AvgIpc) is 2.23. The van der Waals surface area contributed by atoms with Crippen LogP contribution in [-0.2, 0) is 4.79 Å². The minimum atomic E-state index is 0.347. The zero-order valence-corrected chi connectivity index (χ0v) is 8.96. The Morgan fingerprint density at radius 2 is 1.93 bits per heavy atom. The van der Waals surface area contributed by atoms with E-state index in [1.807, 2.05) is 11.9 Å². The molecular formula is C11H20N2O. The van der Waals surface area contributed by atoms with Crippen LogP contribution < -0.4 is 5.32 Å². The van der Waals surface area contributed by atoms with Crippen molar-refractivity contribution in [3.63, 3.8) is 0 Å². The smallest absolute Gasteiger partial charge is 0.222 e. The van der Waals surface area contributed by atoms with Crippen LogP contribution in [0.15, 0.2) is 0 Å². The molecule has 2 saturated heterocycles. The number of hydrogen-bond donors (Lipinski definition) is 1. The largest absolute Gasteiger partial charge is 0.346 e. The van der Waals surface area contributed by atoms with Gasteiger partial charge >= 0.3 is 0 Å². The van der Waals surface area contributed by atoms with E-state index in [9.17, 15) is 4.79 Å². The summed E-state index contributed by atoms with van der Waals surface area (Å²) < 4.78 is 0. The predicted molar refractivity (Wildman–Crippen MR) is 56.0 cm³/mol. The first kappa shape index (κ1) is 9.97. The van der Waals surface area contributed by atoms with Crippen molar-refractivity contribution in [1.82, 2.24) is 10.2 Å². The Bertz CT molecular complexity index is 211. The minimum Gasteiger partial charge on any atom is -0.346 e. The molecule has 1 amide bonds. The molecule has 0 spiro atoms. The first-order chi connectivity index (χ1) is 6.77. The molecule has 0 aromatic carbocycles. The fourth-order valence-electron chi connectivity index (χ4n) is 2.68. The van der Waals surface area contributed by atoms with Gasteiger partial charge in [-0.3, -0.25) is 4.79 Å². The highest BCUT2D eigenvalue weighted by molar-refractivity contribution is 5.76. The summed E-state index contributed by atoms with van der Waals surface area (Å²) in [5, 5.41) is 3.38. The number of nitrogens with one attached hydrogen (secondary N) is 1. The fraction of sp³-hybridized carbons (Fsp3) is 0.909. The summed E-state index contributed by atoms with van der Waals surface area (Å²) in [5.74, 6) is 1.81. The van der Waals surface area contributed by atoms with E-state index in [1.165, 1.54) is 19.3 Å². The van der Waals surface area contributed by atoms with Crippen molar-refractivity contribution in [2.75, 3.05) is 26.7 Å². The normalized spacial score (nSPS) is 30.8. The first-order valence-electron chi connectivity index (χ1n) is 5.72. The van der Waals surface area contributed by atoms with Crippen molar-refractivity contribution in [2.24, 2.45) is 11.8 Å². The van der Waals surface area contributed by atoms with E-state index in [4.69, 9.17) is 0 Å². The van der Waals surface area contributed by atoms with E-state index in [-0.39, 0.29) is 0 Å². The molecule has 0 aromatic rings. The van der Waals surface area contributed by atoms with Crippen LogP contribution in [0.1, 0.15) is 25.7 Å². The number of rotatable bonds is 1. The molecule has 1 unspecified atom stereocenters. The van der Waals surface area contributed by atoms with Crippen LogP contribution in [0, 0.1) is 11.8 Å². The quantitative estimate of drug-likeness (QED) is 0.674. The molecule has 1 N–H and O–H groups in total.